The molecule has 0 aliphatic carbocycles. The highest BCUT2D eigenvalue weighted by Crippen LogP contribution is 2.35. The quantitative estimate of drug-likeness (QED) is 0.0240. The van der Waals surface area contributed by atoms with Gasteiger partial charge in [-0.05, 0) is 33.9 Å². The number of hydrogen-bond donors (Lipinski definition) is 2. The van der Waals surface area contributed by atoms with Crippen LogP contribution in [0.2, 0.25) is 0 Å². The van der Waals surface area contributed by atoms with Gasteiger partial charge < -0.3 is 114 Å². The maximum atomic E-state index is 10.5. The van der Waals surface area contributed by atoms with Gasteiger partial charge in [-0.15, -0.1) is 0 Å². The molecule has 0 spiro atoms. The molecule has 4 aromatic carbocycles. The molecule has 0 saturated carbocycles. The van der Waals surface area contributed by atoms with Crippen molar-refractivity contribution >= 4 is 44.3 Å². The molecule has 0 atom stereocenters. The van der Waals surface area contributed by atoms with E-state index in [1.54, 1.807) is 0 Å². The van der Waals surface area contributed by atoms with E-state index in [0.29, 0.717) is 271 Å². The van der Waals surface area contributed by atoms with Crippen LogP contribution < -0.4 is 4.74 Å². The second kappa shape index (κ2) is 67.1. The Morgan fingerprint density at radius 2 is 0.416 bits per heavy atom. The van der Waals surface area contributed by atoms with Gasteiger partial charge in [-0.3, -0.25) is 4.52 Å². The van der Waals surface area contributed by atoms with Crippen molar-refractivity contribution in [1.82, 2.24) is 0 Å². The van der Waals surface area contributed by atoms with Crippen molar-refractivity contribution in [3.63, 3.8) is 0 Å². The number of phosphoric ester groups is 1. The molecule has 27 heteroatoms. The van der Waals surface area contributed by atoms with Gasteiger partial charge in [0.05, 0.1) is 284 Å². The summed E-state index contributed by atoms with van der Waals surface area (Å²) in [6.07, 6.45) is 12.8. The third-order valence-electron chi connectivity index (χ3n) is 13.4. The molecule has 4 aromatic rings. The summed E-state index contributed by atoms with van der Waals surface area (Å²) in [6, 6.07) is 35.0. The Morgan fingerprint density at radius 1 is 0.218 bits per heavy atom. The first-order chi connectivity index (χ1) is 50.0. The SMILES string of the molecule is O=P(O)(O)OCCOCCOCCOCCOCCOCCOCCOCCOCCOCCOCCOCCOCCOCCOCCOCCOCCOCCOCCOCCOCCOCCOc1ccc(C=Cc2ccccc2)c(C=Cc2ccccc2)c1C=Cc1ccccc1. The molecule has 0 fully saturated rings. The van der Waals surface area contributed by atoms with Crippen molar-refractivity contribution in [1.29, 1.82) is 0 Å². The zero-order chi connectivity index (χ0) is 71.2. The van der Waals surface area contributed by atoms with Gasteiger partial charge >= 0.3 is 7.82 Å². The van der Waals surface area contributed by atoms with E-state index >= 15 is 0 Å². The average molecular weight is 1450 g/mol. The summed E-state index contributed by atoms with van der Waals surface area (Å²) in [5.41, 5.74) is 6.45. The predicted molar refractivity (Wildman–Crippen MR) is 383 cm³/mol. The molecule has 101 heavy (non-hydrogen) atoms. The first-order valence-corrected chi connectivity index (χ1v) is 36.3. The van der Waals surface area contributed by atoms with Gasteiger partial charge in [-0.2, -0.15) is 0 Å². The monoisotopic (exact) mass is 1450 g/mol. The Labute approximate surface area is 598 Å². The minimum absolute atomic E-state index is 0.0678. The zero-order valence-corrected chi connectivity index (χ0v) is 59.9. The molecule has 0 saturated heterocycles. The van der Waals surface area contributed by atoms with E-state index in [1.807, 2.05) is 60.7 Å². The second-order valence-corrected chi connectivity index (χ2v) is 22.5. The van der Waals surface area contributed by atoms with E-state index in [9.17, 15) is 4.57 Å². The number of hydrogen-bond acceptors (Lipinski definition) is 24. The molecule has 0 aliphatic heterocycles. The van der Waals surface area contributed by atoms with Gasteiger partial charge in [0, 0.05) is 5.56 Å². The fourth-order valence-electron chi connectivity index (χ4n) is 8.43. The minimum atomic E-state index is -4.46. The summed E-state index contributed by atoms with van der Waals surface area (Å²) in [4.78, 5) is 17.1. The molecular weight excluding hydrogens is 1340 g/mol. The van der Waals surface area contributed by atoms with E-state index in [2.05, 4.69) is 83.4 Å². The largest absolute Gasteiger partial charge is 0.491 e. The third-order valence-corrected chi connectivity index (χ3v) is 14.0. The summed E-state index contributed by atoms with van der Waals surface area (Å²) >= 11 is 0. The molecule has 0 heterocycles. The highest BCUT2D eigenvalue weighted by Gasteiger charge is 2.13. The van der Waals surface area contributed by atoms with Gasteiger partial charge in [0.25, 0.3) is 0 Å². The molecule has 0 radical (unpaired) electrons. The van der Waals surface area contributed by atoms with Gasteiger partial charge in [-0.1, -0.05) is 134 Å². The van der Waals surface area contributed by atoms with Crippen molar-refractivity contribution in [3.8, 4) is 5.75 Å². The number of benzene rings is 4. The first-order valence-electron chi connectivity index (χ1n) is 34.8. The highest BCUT2D eigenvalue weighted by atomic mass is 31.2. The second-order valence-electron chi connectivity index (χ2n) is 21.2. The smallest absolute Gasteiger partial charge is 0.469 e. The van der Waals surface area contributed by atoms with E-state index in [4.69, 9.17) is 114 Å². The standard InChI is InChI=1S/C74H113O26P/c75-101(76,77)100-67-65-98-63-61-96-59-57-94-55-53-92-51-49-90-47-45-88-43-41-86-39-37-84-35-33-82-31-29-80-27-25-78-24-26-79-28-30-81-32-34-83-36-38-85-40-42-87-44-46-89-48-50-91-52-54-93-56-58-95-60-62-97-64-66-99-74-23-20-71(19-16-68-10-4-1-5-11-68)72(21-17-69-12-6-2-7-13-69)73(74)22-18-70-14-8-3-9-15-70/h1-23H,24-67H2,(H2,75,76,77). The van der Waals surface area contributed by atoms with E-state index in [-0.39, 0.29) is 19.8 Å². The first kappa shape index (κ1) is 88.6. The Hall–Kier alpha value is -4.83. The van der Waals surface area contributed by atoms with Crippen LogP contribution in [0.5, 0.6) is 5.75 Å². The Bertz CT molecular complexity index is 2590. The van der Waals surface area contributed by atoms with Crippen LogP contribution in [0.4, 0.5) is 0 Å². The molecule has 0 aliphatic rings. The normalized spacial score (nSPS) is 12.0. The van der Waals surface area contributed by atoms with E-state index in [0.717, 1.165) is 39.1 Å². The lowest BCUT2D eigenvalue weighted by molar-refractivity contribution is -0.0316. The van der Waals surface area contributed by atoms with Crippen LogP contribution in [0.25, 0.3) is 36.5 Å². The van der Waals surface area contributed by atoms with Crippen molar-refractivity contribution in [2.45, 2.75) is 0 Å². The van der Waals surface area contributed by atoms with Crippen LogP contribution in [0.15, 0.2) is 103 Å². The van der Waals surface area contributed by atoms with Gasteiger partial charge in [0.15, 0.2) is 0 Å². The molecule has 0 unspecified atom stereocenters. The third kappa shape index (κ3) is 55.4. The summed E-state index contributed by atoms with van der Waals surface area (Å²) in [5.74, 6) is 0.775. The van der Waals surface area contributed by atoms with Crippen LogP contribution in [-0.4, -0.2) is 300 Å². The maximum absolute atomic E-state index is 10.5. The summed E-state index contributed by atoms with van der Waals surface area (Å²) in [5, 5.41) is 0. The molecule has 4 rings (SSSR count). The van der Waals surface area contributed by atoms with E-state index < -0.39 is 7.82 Å². The van der Waals surface area contributed by atoms with Crippen LogP contribution in [0.3, 0.4) is 0 Å². The number of rotatable bonds is 74. The molecule has 570 valence electrons. The van der Waals surface area contributed by atoms with Crippen molar-refractivity contribution < 1.29 is 123 Å². The fraction of sp³-hybridized carbons (Fsp3) is 0.595. The number of phosphoric acid groups is 1. The average Bonchev–Trinajstić information content (AvgIpc) is 0.815. The highest BCUT2D eigenvalue weighted by molar-refractivity contribution is 7.46. The van der Waals surface area contributed by atoms with Crippen molar-refractivity contribution in [3.05, 3.63) is 137 Å². The van der Waals surface area contributed by atoms with Gasteiger partial charge in [0.2, 0.25) is 0 Å². The van der Waals surface area contributed by atoms with Crippen LogP contribution >= 0.6 is 7.82 Å². The van der Waals surface area contributed by atoms with Crippen molar-refractivity contribution in [2.24, 2.45) is 0 Å². The van der Waals surface area contributed by atoms with E-state index in [1.165, 1.54) is 0 Å². The van der Waals surface area contributed by atoms with Gasteiger partial charge in [-0.25, -0.2) is 4.57 Å². The lowest BCUT2D eigenvalue weighted by Gasteiger charge is -2.15. The molecule has 0 aromatic heterocycles. The van der Waals surface area contributed by atoms with Crippen LogP contribution in [-0.2, 0) is 109 Å². The molecule has 0 amide bonds. The van der Waals surface area contributed by atoms with Crippen LogP contribution in [0, 0.1) is 0 Å². The minimum Gasteiger partial charge on any atom is -0.491 e. The maximum Gasteiger partial charge on any atom is 0.469 e. The Balaban J connectivity index is 0.780. The molecule has 0 bridgehead atoms. The summed E-state index contributed by atoms with van der Waals surface area (Å²) in [7, 11) is -4.46. The lowest BCUT2D eigenvalue weighted by Crippen LogP contribution is -2.16. The number of ether oxygens (including phenoxy) is 22. The Morgan fingerprint density at radius 3 is 0.644 bits per heavy atom. The fourth-order valence-corrected chi connectivity index (χ4v) is 8.74. The predicted octanol–water partition coefficient (Wildman–Crippen LogP) is 8.03. The summed E-state index contributed by atoms with van der Waals surface area (Å²) < 4.78 is 137. The van der Waals surface area contributed by atoms with Crippen molar-refractivity contribution in [2.75, 3.05) is 291 Å². The summed E-state index contributed by atoms with van der Waals surface area (Å²) in [6.45, 7) is 18.9. The molecule has 26 nitrogen and oxygen atoms in total. The lowest BCUT2D eigenvalue weighted by atomic mass is 9.96. The Kier molecular flexibility index (Phi) is 58.8. The van der Waals surface area contributed by atoms with Gasteiger partial charge in [0.1, 0.15) is 12.4 Å². The molecular formula is C74H113O26P. The molecule has 2 N–H and O–H groups in total. The topological polar surface area (TPSA) is 270 Å². The zero-order valence-electron chi connectivity index (χ0n) is 59.0. The van der Waals surface area contributed by atoms with Crippen LogP contribution in [0.1, 0.15) is 33.4 Å².